The lowest BCUT2D eigenvalue weighted by molar-refractivity contribution is 0.213. The van der Waals surface area contributed by atoms with Crippen LogP contribution in [0.3, 0.4) is 0 Å². The third-order valence-electron chi connectivity index (χ3n) is 2.89. The number of halogens is 1. The van der Waals surface area contributed by atoms with Gasteiger partial charge in [0.2, 0.25) is 0 Å². The van der Waals surface area contributed by atoms with Crippen molar-refractivity contribution in [3.8, 4) is 0 Å². The van der Waals surface area contributed by atoms with Crippen molar-refractivity contribution in [1.82, 2.24) is 4.98 Å². The predicted molar refractivity (Wildman–Crippen MR) is 64.2 cm³/mol. The number of hydrogen-bond donors (Lipinski definition) is 1. The summed E-state index contributed by atoms with van der Waals surface area (Å²) >= 11 is 0. The van der Waals surface area contributed by atoms with E-state index in [-0.39, 0.29) is 5.82 Å². The average molecular weight is 231 g/mol. The highest BCUT2D eigenvalue weighted by Gasteiger charge is 2.17. The Morgan fingerprint density at radius 1 is 1.12 bits per heavy atom. The van der Waals surface area contributed by atoms with Crippen molar-refractivity contribution in [2.75, 3.05) is 0 Å². The van der Waals surface area contributed by atoms with Crippen LogP contribution in [0, 0.1) is 19.7 Å². The van der Waals surface area contributed by atoms with E-state index < -0.39 is 6.10 Å². The molecule has 2 aromatic rings. The Labute approximate surface area is 99.8 Å². The Bertz CT molecular complexity index is 539. The molecule has 1 N–H and O–H groups in total. The number of aliphatic hydroxyl groups is 1. The molecule has 0 bridgehead atoms. The Morgan fingerprint density at radius 3 is 2.59 bits per heavy atom. The smallest absolute Gasteiger partial charge is 0.132 e. The molecular weight excluding hydrogens is 217 g/mol. The summed E-state index contributed by atoms with van der Waals surface area (Å²) in [7, 11) is 0. The van der Waals surface area contributed by atoms with Gasteiger partial charge in [-0.15, -0.1) is 0 Å². The van der Waals surface area contributed by atoms with E-state index in [1.807, 2.05) is 6.92 Å². The van der Waals surface area contributed by atoms with Gasteiger partial charge < -0.3 is 5.11 Å². The zero-order valence-electron chi connectivity index (χ0n) is 9.81. The third-order valence-corrected chi connectivity index (χ3v) is 2.89. The zero-order valence-corrected chi connectivity index (χ0v) is 9.81. The Kier molecular flexibility index (Phi) is 3.20. The largest absolute Gasteiger partial charge is 0.383 e. The number of benzene rings is 1. The van der Waals surface area contributed by atoms with Gasteiger partial charge >= 0.3 is 0 Å². The summed E-state index contributed by atoms with van der Waals surface area (Å²) in [5.41, 5.74) is 2.36. The molecule has 0 saturated carbocycles. The minimum Gasteiger partial charge on any atom is -0.383 e. The number of aryl methyl sites for hydroxylation is 2. The maximum Gasteiger partial charge on any atom is 0.132 e. The van der Waals surface area contributed by atoms with Crippen molar-refractivity contribution >= 4 is 0 Å². The molecule has 0 amide bonds. The Morgan fingerprint density at radius 2 is 1.88 bits per heavy atom. The monoisotopic (exact) mass is 231 g/mol. The lowest BCUT2D eigenvalue weighted by Crippen LogP contribution is -2.05. The van der Waals surface area contributed by atoms with Crippen molar-refractivity contribution in [3.63, 3.8) is 0 Å². The van der Waals surface area contributed by atoms with Crippen LogP contribution in [-0.2, 0) is 0 Å². The molecule has 17 heavy (non-hydrogen) atoms. The topological polar surface area (TPSA) is 33.1 Å². The van der Waals surface area contributed by atoms with E-state index in [0.29, 0.717) is 16.7 Å². The lowest BCUT2D eigenvalue weighted by Gasteiger charge is -2.15. The summed E-state index contributed by atoms with van der Waals surface area (Å²) in [6.45, 7) is 3.55. The fourth-order valence-electron chi connectivity index (χ4n) is 1.81. The highest BCUT2D eigenvalue weighted by Crippen LogP contribution is 2.27. The minimum atomic E-state index is -0.969. The summed E-state index contributed by atoms with van der Waals surface area (Å²) < 4.78 is 13.9. The molecule has 1 unspecified atom stereocenters. The quantitative estimate of drug-likeness (QED) is 0.862. The molecule has 0 fully saturated rings. The fourth-order valence-corrected chi connectivity index (χ4v) is 1.81. The molecule has 2 nitrogen and oxygen atoms in total. The van der Waals surface area contributed by atoms with E-state index in [4.69, 9.17) is 0 Å². The van der Waals surface area contributed by atoms with Crippen LogP contribution in [0.4, 0.5) is 4.39 Å². The molecule has 0 spiro atoms. The van der Waals surface area contributed by atoms with Gasteiger partial charge in [-0.3, -0.25) is 4.98 Å². The highest BCUT2D eigenvalue weighted by molar-refractivity contribution is 5.35. The summed E-state index contributed by atoms with van der Waals surface area (Å²) in [6.07, 6.45) is 2.25. The normalized spacial score (nSPS) is 12.5. The minimum absolute atomic E-state index is 0.293. The Hall–Kier alpha value is -1.74. The highest BCUT2D eigenvalue weighted by atomic mass is 19.1. The number of rotatable bonds is 2. The predicted octanol–water partition coefficient (Wildman–Crippen LogP) is 2.92. The molecule has 0 radical (unpaired) electrons. The van der Waals surface area contributed by atoms with Gasteiger partial charge in [-0.25, -0.2) is 4.39 Å². The van der Waals surface area contributed by atoms with Gasteiger partial charge in [-0.2, -0.15) is 0 Å². The van der Waals surface area contributed by atoms with E-state index in [0.717, 1.165) is 5.56 Å². The van der Waals surface area contributed by atoms with Gasteiger partial charge in [0.25, 0.3) is 0 Å². The van der Waals surface area contributed by atoms with Crippen LogP contribution in [0.5, 0.6) is 0 Å². The first-order chi connectivity index (χ1) is 8.11. The van der Waals surface area contributed by atoms with Gasteiger partial charge in [0.1, 0.15) is 11.9 Å². The van der Waals surface area contributed by atoms with Crippen LogP contribution in [0.1, 0.15) is 28.4 Å². The van der Waals surface area contributed by atoms with Crippen LogP contribution in [0.2, 0.25) is 0 Å². The van der Waals surface area contributed by atoms with Crippen molar-refractivity contribution in [2.24, 2.45) is 0 Å². The molecule has 0 aliphatic rings. The van der Waals surface area contributed by atoms with E-state index in [1.54, 1.807) is 43.6 Å². The van der Waals surface area contributed by atoms with E-state index in [2.05, 4.69) is 4.98 Å². The van der Waals surface area contributed by atoms with Gasteiger partial charge in [0, 0.05) is 23.5 Å². The molecule has 0 aliphatic heterocycles. The number of nitrogens with zero attached hydrogens (tertiary/aromatic N) is 1. The molecule has 88 valence electrons. The fraction of sp³-hybridized carbons (Fsp3) is 0.214. The van der Waals surface area contributed by atoms with Gasteiger partial charge in [0.05, 0.1) is 0 Å². The summed E-state index contributed by atoms with van der Waals surface area (Å²) in [5, 5.41) is 10.2. The number of pyridine rings is 1. The maximum absolute atomic E-state index is 13.9. The first-order valence-electron chi connectivity index (χ1n) is 5.45. The first kappa shape index (κ1) is 11.7. The van der Waals surface area contributed by atoms with Crippen LogP contribution in [0.25, 0.3) is 0 Å². The molecule has 1 aromatic heterocycles. The molecule has 0 aliphatic carbocycles. The van der Waals surface area contributed by atoms with E-state index >= 15 is 0 Å². The maximum atomic E-state index is 13.9. The van der Waals surface area contributed by atoms with Crippen LogP contribution in [0.15, 0.2) is 36.7 Å². The van der Waals surface area contributed by atoms with Crippen molar-refractivity contribution in [3.05, 3.63) is 64.7 Å². The zero-order chi connectivity index (χ0) is 12.4. The van der Waals surface area contributed by atoms with Crippen molar-refractivity contribution < 1.29 is 9.50 Å². The molecule has 1 atom stereocenters. The first-order valence-corrected chi connectivity index (χ1v) is 5.45. The van der Waals surface area contributed by atoms with E-state index in [9.17, 15) is 9.50 Å². The number of aromatic nitrogens is 1. The molecular formula is C14H14FNO. The second-order valence-electron chi connectivity index (χ2n) is 4.11. The summed E-state index contributed by atoms with van der Waals surface area (Å²) in [6, 6.07) is 6.82. The summed E-state index contributed by atoms with van der Waals surface area (Å²) in [5.74, 6) is -0.358. The van der Waals surface area contributed by atoms with Crippen LogP contribution < -0.4 is 0 Å². The molecule has 3 heteroatoms. The van der Waals surface area contributed by atoms with Crippen molar-refractivity contribution in [2.45, 2.75) is 20.0 Å². The van der Waals surface area contributed by atoms with Gasteiger partial charge in [-0.05, 0) is 31.0 Å². The second-order valence-corrected chi connectivity index (χ2v) is 4.11. The lowest BCUT2D eigenvalue weighted by atomic mass is 9.97. The van der Waals surface area contributed by atoms with Crippen LogP contribution >= 0.6 is 0 Å². The number of hydrogen-bond acceptors (Lipinski definition) is 2. The summed E-state index contributed by atoms with van der Waals surface area (Å²) in [4.78, 5) is 3.96. The molecule has 2 rings (SSSR count). The number of aliphatic hydroxyl groups excluding tert-OH is 1. The van der Waals surface area contributed by atoms with Crippen molar-refractivity contribution in [1.29, 1.82) is 0 Å². The Balaban J connectivity index is 2.48. The molecule has 0 saturated heterocycles. The third kappa shape index (κ3) is 2.19. The molecule has 1 heterocycles. The SMILES string of the molecule is Cc1ccncc1C(O)c1cccc(C)c1F. The van der Waals surface area contributed by atoms with Gasteiger partial charge in [0.15, 0.2) is 0 Å². The standard InChI is InChI=1S/C14H14FNO/c1-9-6-7-16-8-12(9)14(17)11-5-3-4-10(2)13(11)15/h3-8,14,17H,1-2H3. The van der Waals surface area contributed by atoms with Crippen LogP contribution in [-0.4, -0.2) is 10.1 Å². The molecule has 1 aromatic carbocycles. The average Bonchev–Trinajstić information content (AvgIpc) is 2.32. The van der Waals surface area contributed by atoms with Gasteiger partial charge in [-0.1, -0.05) is 18.2 Å². The van der Waals surface area contributed by atoms with E-state index in [1.165, 1.54) is 0 Å². The second kappa shape index (κ2) is 4.63.